The molecule has 1 aromatic rings. The van der Waals surface area contributed by atoms with E-state index in [-0.39, 0.29) is 5.69 Å². The first-order valence-corrected chi connectivity index (χ1v) is 3.98. The number of H-pyrrole nitrogens is 1. The van der Waals surface area contributed by atoms with Gasteiger partial charge in [0.2, 0.25) is 0 Å². The number of rotatable bonds is 1. The lowest BCUT2D eigenvalue weighted by molar-refractivity contribution is 0.0689. The smallest absolute Gasteiger partial charge is 0.356 e. The first-order valence-electron chi connectivity index (χ1n) is 3.98. The molecule has 1 heterocycles. The van der Waals surface area contributed by atoms with Crippen molar-refractivity contribution in [3.63, 3.8) is 0 Å². The Kier molecular flexibility index (Phi) is 1.43. The van der Waals surface area contributed by atoms with Gasteiger partial charge in [0.1, 0.15) is 0 Å². The van der Waals surface area contributed by atoms with Gasteiger partial charge in [-0.2, -0.15) is 5.10 Å². The normalized spacial score (nSPS) is 20.9. The fraction of sp³-hybridized carbons (Fsp3) is 0.500. The zero-order valence-corrected chi connectivity index (χ0v) is 6.79. The van der Waals surface area contributed by atoms with Crippen LogP contribution in [0.15, 0.2) is 0 Å². The number of nitrogens with zero attached hydrogens (tertiary/aromatic N) is 1. The van der Waals surface area contributed by atoms with Crippen LogP contribution in [-0.4, -0.2) is 21.3 Å². The van der Waals surface area contributed by atoms with Crippen molar-refractivity contribution in [2.75, 3.05) is 0 Å². The Morgan fingerprint density at radius 3 is 3.08 bits per heavy atom. The molecule has 0 radical (unpaired) electrons. The molecule has 0 amide bonds. The largest absolute Gasteiger partial charge is 0.476 e. The Balaban J connectivity index is 2.43. The second kappa shape index (κ2) is 2.33. The van der Waals surface area contributed by atoms with Crippen molar-refractivity contribution in [2.45, 2.75) is 19.8 Å². The Labute approximate surface area is 69.6 Å². The number of carboxylic acid groups (broad SMARTS) is 1. The van der Waals surface area contributed by atoms with Crippen molar-refractivity contribution in [1.29, 1.82) is 0 Å². The van der Waals surface area contributed by atoms with Crippen LogP contribution < -0.4 is 0 Å². The van der Waals surface area contributed by atoms with Gasteiger partial charge >= 0.3 is 5.97 Å². The van der Waals surface area contributed by atoms with Crippen LogP contribution in [0.5, 0.6) is 0 Å². The number of aromatic amines is 1. The van der Waals surface area contributed by atoms with Gasteiger partial charge in [0.05, 0.1) is 0 Å². The topological polar surface area (TPSA) is 66.0 Å². The molecule has 1 aromatic heterocycles. The number of aromatic carboxylic acids is 1. The molecule has 0 saturated carbocycles. The summed E-state index contributed by atoms with van der Waals surface area (Å²) < 4.78 is 0. The van der Waals surface area contributed by atoms with Crippen LogP contribution >= 0.6 is 0 Å². The molecular weight excluding hydrogens is 156 g/mol. The molecule has 1 atom stereocenters. The quantitative estimate of drug-likeness (QED) is 0.649. The number of nitrogens with one attached hydrogen (secondary N) is 1. The van der Waals surface area contributed by atoms with E-state index >= 15 is 0 Å². The van der Waals surface area contributed by atoms with Gasteiger partial charge in [-0.05, 0) is 18.8 Å². The second-order valence-corrected chi connectivity index (χ2v) is 3.35. The van der Waals surface area contributed by atoms with Crippen molar-refractivity contribution in [2.24, 2.45) is 5.92 Å². The van der Waals surface area contributed by atoms with Crippen LogP contribution in [0.3, 0.4) is 0 Å². The highest BCUT2D eigenvalue weighted by Gasteiger charge is 2.26. The maximum atomic E-state index is 10.6. The third-order valence-electron chi connectivity index (χ3n) is 2.26. The van der Waals surface area contributed by atoms with Crippen LogP contribution in [0.25, 0.3) is 0 Å². The van der Waals surface area contributed by atoms with Gasteiger partial charge in [-0.1, -0.05) is 6.92 Å². The zero-order chi connectivity index (χ0) is 8.72. The number of hydrogen-bond acceptors (Lipinski definition) is 2. The lowest BCUT2D eigenvalue weighted by Gasteiger charge is -1.96. The van der Waals surface area contributed by atoms with E-state index in [2.05, 4.69) is 17.1 Å². The summed E-state index contributed by atoms with van der Waals surface area (Å²) in [5, 5.41) is 15.3. The molecule has 0 unspecified atom stereocenters. The molecule has 2 N–H and O–H groups in total. The number of aromatic nitrogens is 2. The predicted octanol–water partition coefficient (Wildman–Crippen LogP) is 0.843. The molecule has 4 heteroatoms. The third kappa shape index (κ3) is 0.913. The standard InChI is InChI=1S/C8H10N2O2/c1-4-2-5-6(3-4)9-10-7(5)8(11)12/h4H,2-3H2,1H3,(H,9,10)(H,11,12)/t4-/m1/s1. The molecule has 1 aliphatic carbocycles. The highest BCUT2D eigenvalue weighted by atomic mass is 16.4. The summed E-state index contributed by atoms with van der Waals surface area (Å²) in [6.45, 7) is 2.11. The SMILES string of the molecule is C[C@H]1Cc2[nH]nc(C(=O)O)c2C1. The lowest BCUT2D eigenvalue weighted by Crippen LogP contribution is -2.02. The van der Waals surface area contributed by atoms with Crippen LogP contribution in [-0.2, 0) is 12.8 Å². The van der Waals surface area contributed by atoms with Gasteiger partial charge in [-0.15, -0.1) is 0 Å². The zero-order valence-electron chi connectivity index (χ0n) is 6.79. The summed E-state index contributed by atoms with van der Waals surface area (Å²) in [6, 6.07) is 0. The maximum absolute atomic E-state index is 10.6. The van der Waals surface area contributed by atoms with Crippen molar-refractivity contribution >= 4 is 5.97 Å². The van der Waals surface area contributed by atoms with Gasteiger partial charge in [0.25, 0.3) is 0 Å². The summed E-state index contributed by atoms with van der Waals surface area (Å²) >= 11 is 0. The van der Waals surface area contributed by atoms with E-state index in [4.69, 9.17) is 5.11 Å². The predicted molar refractivity (Wildman–Crippen MR) is 42.1 cm³/mol. The van der Waals surface area contributed by atoms with E-state index in [0.717, 1.165) is 24.1 Å². The number of carbonyl (C=O) groups is 1. The molecule has 0 fully saturated rings. The summed E-state index contributed by atoms with van der Waals surface area (Å²) in [7, 11) is 0. The van der Waals surface area contributed by atoms with Crippen LogP contribution in [0.4, 0.5) is 0 Å². The minimum absolute atomic E-state index is 0.203. The van der Waals surface area contributed by atoms with Crippen LogP contribution in [0, 0.1) is 5.92 Å². The maximum Gasteiger partial charge on any atom is 0.356 e. The average Bonchev–Trinajstić information content (AvgIpc) is 2.43. The number of fused-ring (bicyclic) bond motifs is 1. The summed E-state index contributed by atoms with van der Waals surface area (Å²) in [6.07, 6.45) is 1.77. The fourth-order valence-corrected chi connectivity index (χ4v) is 1.74. The van der Waals surface area contributed by atoms with Crippen LogP contribution in [0.1, 0.15) is 28.7 Å². The highest BCUT2D eigenvalue weighted by Crippen LogP contribution is 2.26. The highest BCUT2D eigenvalue weighted by molar-refractivity contribution is 5.87. The minimum atomic E-state index is -0.929. The molecule has 0 saturated heterocycles. The van der Waals surface area contributed by atoms with E-state index in [1.165, 1.54) is 0 Å². The van der Waals surface area contributed by atoms with Crippen molar-refractivity contribution in [3.8, 4) is 0 Å². The van der Waals surface area contributed by atoms with E-state index in [0.29, 0.717) is 5.92 Å². The number of hydrogen-bond donors (Lipinski definition) is 2. The molecular formula is C8H10N2O2. The van der Waals surface area contributed by atoms with Gasteiger partial charge in [0, 0.05) is 11.3 Å². The second-order valence-electron chi connectivity index (χ2n) is 3.35. The third-order valence-corrected chi connectivity index (χ3v) is 2.26. The van der Waals surface area contributed by atoms with E-state index < -0.39 is 5.97 Å². The number of carboxylic acids is 1. The molecule has 0 bridgehead atoms. The van der Waals surface area contributed by atoms with E-state index in [1.54, 1.807) is 0 Å². The summed E-state index contributed by atoms with van der Waals surface area (Å²) in [4.78, 5) is 10.6. The van der Waals surface area contributed by atoms with Crippen LogP contribution in [0.2, 0.25) is 0 Å². The molecule has 2 rings (SSSR count). The van der Waals surface area contributed by atoms with Gasteiger partial charge in [0.15, 0.2) is 5.69 Å². The monoisotopic (exact) mass is 166 g/mol. The van der Waals surface area contributed by atoms with Gasteiger partial charge < -0.3 is 5.11 Å². The first-order chi connectivity index (χ1) is 5.68. The van der Waals surface area contributed by atoms with Gasteiger partial charge in [-0.3, -0.25) is 5.10 Å². The molecule has 12 heavy (non-hydrogen) atoms. The minimum Gasteiger partial charge on any atom is -0.476 e. The Bertz CT molecular complexity index is 330. The molecule has 0 aliphatic heterocycles. The molecule has 0 aromatic carbocycles. The van der Waals surface area contributed by atoms with Crippen molar-refractivity contribution < 1.29 is 9.90 Å². The molecule has 1 aliphatic rings. The Morgan fingerprint density at radius 2 is 2.42 bits per heavy atom. The van der Waals surface area contributed by atoms with E-state index in [1.807, 2.05) is 0 Å². The Hall–Kier alpha value is -1.32. The Morgan fingerprint density at radius 1 is 1.67 bits per heavy atom. The average molecular weight is 166 g/mol. The van der Waals surface area contributed by atoms with E-state index in [9.17, 15) is 4.79 Å². The fourth-order valence-electron chi connectivity index (χ4n) is 1.74. The van der Waals surface area contributed by atoms with Gasteiger partial charge in [-0.25, -0.2) is 4.79 Å². The van der Waals surface area contributed by atoms with Crippen molar-refractivity contribution in [3.05, 3.63) is 17.0 Å². The molecule has 4 nitrogen and oxygen atoms in total. The molecule has 64 valence electrons. The summed E-state index contributed by atoms with van der Waals surface area (Å²) in [5.74, 6) is -0.381. The summed E-state index contributed by atoms with van der Waals surface area (Å²) in [5.41, 5.74) is 2.10. The lowest BCUT2D eigenvalue weighted by atomic mass is 10.1. The first kappa shape index (κ1) is 7.34. The molecule has 0 spiro atoms. The van der Waals surface area contributed by atoms with Crippen molar-refractivity contribution in [1.82, 2.24) is 10.2 Å².